The first-order valence-electron chi connectivity index (χ1n) is 6.09. The van der Waals surface area contributed by atoms with Gasteiger partial charge in [0.15, 0.2) is 0 Å². The van der Waals surface area contributed by atoms with Crippen LogP contribution in [0.25, 0.3) is 0 Å². The first-order chi connectivity index (χ1) is 7.41. The second kappa shape index (κ2) is 13.7. The molecule has 15 heavy (non-hydrogen) atoms. The highest BCUT2D eigenvalue weighted by Gasteiger charge is 1.91. The Kier molecular flexibility index (Phi) is 13.4. The quantitative estimate of drug-likeness (QED) is 0.278. The summed E-state index contributed by atoms with van der Waals surface area (Å²) in [6.07, 6.45) is 12.4. The summed E-state index contributed by atoms with van der Waals surface area (Å²) in [5.41, 5.74) is 0. The average Bonchev–Trinajstić information content (AvgIpc) is 2.26. The lowest BCUT2D eigenvalue weighted by molar-refractivity contribution is -0.0315. The van der Waals surface area contributed by atoms with Crippen LogP contribution in [0.4, 0.5) is 0 Å². The van der Waals surface area contributed by atoms with Crippen LogP contribution in [0.15, 0.2) is 12.7 Å². The van der Waals surface area contributed by atoms with Gasteiger partial charge in [-0.05, 0) is 19.3 Å². The van der Waals surface area contributed by atoms with Crippen molar-refractivity contribution in [2.75, 3.05) is 20.5 Å². The Bertz CT molecular complexity index is 124. The summed E-state index contributed by atoms with van der Waals surface area (Å²) < 4.78 is 10.0. The van der Waals surface area contributed by atoms with Crippen molar-refractivity contribution >= 4 is 0 Å². The molecule has 0 heterocycles. The fourth-order valence-electron chi connectivity index (χ4n) is 1.52. The van der Waals surface area contributed by atoms with Crippen molar-refractivity contribution in [3.05, 3.63) is 12.7 Å². The predicted molar refractivity (Wildman–Crippen MR) is 65.0 cm³/mol. The minimum atomic E-state index is 0.432. The zero-order valence-corrected chi connectivity index (χ0v) is 10.2. The number of hydrogen-bond donors (Lipinski definition) is 0. The molecule has 0 aliphatic carbocycles. The van der Waals surface area contributed by atoms with Crippen molar-refractivity contribution in [1.29, 1.82) is 0 Å². The van der Waals surface area contributed by atoms with Crippen molar-refractivity contribution in [1.82, 2.24) is 0 Å². The van der Waals surface area contributed by atoms with E-state index in [1.807, 2.05) is 6.08 Å². The highest BCUT2D eigenvalue weighted by Crippen LogP contribution is 2.08. The maximum atomic E-state index is 5.21. The van der Waals surface area contributed by atoms with E-state index in [1.165, 1.54) is 44.9 Å². The second-order valence-electron chi connectivity index (χ2n) is 3.87. The van der Waals surface area contributed by atoms with Crippen molar-refractivity contribution in [2.24, 2.45) is 0 Å². The van der Waals surface area contributed by atoms with Crippen molar-refractivity contribution in [3.8, 4) is 0 Å². The molecule has 0 aromatic carbocycles. The summed E-state index contributed by atoms with van der Waals surface area (Å²) in [4.78, 5) is 0. The third kappa shape index (κ3) is 13.7. The van der Waals surface area contributed by atoms with Gasteiger partial charge in [0, 0.05) is 13.7 Å². The summed E-state index contributed by atoms with van der Waals surface area (Å²) in [6, 6.07) is 0. The van der Waals surface area contributed by atoms with Gasteiger partial charge in [-0.1, -0.05) is 38.2 Å². The molecule has 0 aliphatic heterocycles. The minimum absolute atomic E-state index is 0.432. The van der Waals surface area contributed by atoms with Gasteiger partial charge < -0.3 is 9.47 Å². The SMILES string of the molecule is C=CCCCCCCCCCOCOC. The van der Waals surface area contributed by atoms with Crippen LogP contribution in [0.3, 0.4) is 0 Å². The van der Waals surface area contributed by atoms with E-state index < -0.39 is 0 Å². The highest BCUT2D eigenvalue weighted by atomic mass is 16.7. The molecular weight excluding hydrogens is 188 g/mol. The maximum Gasteiger partial charge on any atom is 0.146 e. The molecule has 0 fully saturated rings. The Balaban J connectivity index is 2.83. The van der Waals surface area contributed by atoms with Crippen LogP contribution in [0.2, 0.25) is 0 Å². The van der Waals surface area contributed by atoms with Gasteiger partial charge in [0.1, 0.15) is 6.79 Å². The summed E-state index contributed by atoms with van der Waals surface area (Å²) in [7, 11) is 1.66. The number of unbranched alkanes of at least 4 members (excludes halogenated alkanes) is 7. The molecule has 2 heteroatoms. The molecule has 0 unspecified atom stereocenters. The molecular formula is C13H26O2. The van der Waals surface area contributed by atoms with Gasteiger partial charge >= 0.3 is 0 Å². The van der Waals surface area contributed by atoms with Crippen molar-refractivity contribution in [3.63, 3.8) is 0 Å². The molecule has 0 amide bonds. The Morgan fingerprint density at radius 1 is 0.933 bits per heavy atom. The van der Waals surface area contributed by atoms with Crippen LogP contribution in [0.1, 0.15) is 51.4 Å². The molecule has 0 atom stereocenters. The van der Waals surface area contributed by atoms with Gasteiger partial charge in [-0.25, -0.2) is 0 Å². The predicted octanol–water partition coefficient (Wildman–Crippen LogP) is 3.91. The zero-order chi connectivity index (χ0) is 11.2. The topological polar surface area (TPSA) is 18.5 Å². The lowest BCUT2D eigenvalue weighted by Crippen LogP contribution is -1.98. The molecule has 0 radical (unpaired) electrons. The maximum absolute atomic E-state index is 5.21. The number of rotatable bonds is 12. The summed E-state index contributed by atoms with van der Waals surface area (Å²) >= 11 is 0. The smallest absolute Gasteiger partial charge is 0.146 e. The molecule has 0 saturated carbocycles. The number of allylic oxidation sites excluding steroid dienone is 1. The average molecular weight is 214 g/mol. The summed E-state index contributed by atoms with van der Waals surface area (Å²) in [5.74, 6) is 0. The Morgan fingerprint density at radius 2 is 1.53 bits per heavy atom. The number of methoxy groups -OCH3 is 1. The second-order valence-corrected chi connectivity index (χ2v) is 3.87. The normalized spacial score (nSPS) is 10.5. The van der Waals surface area contributed by atoms with Crippen LogP contribution in [0.5, 0.6) is 0 Å². The van der Waals surface area contributed by atoms with Gasteiger partial charge in [-0.2, -0.15) is 0 Å². The van der Waals surface area contributed by atoms with Gasteiger partial charge in [-0.3, -0.25) is 0 Å². The molecule has 0 bridgehead atoms. The molecule has 2 nitrogen and oxygen atoms in total. The van der Waals surface area contributed by atoms with E-state index in [9.17, 15) is 0 Å². The molecule has 0 aromatic rings. The van der Waals surface area contributed by atoms with Crippen LogP contribution in [-0.4, -0.2) is 20.5 Å². The van der Waals surface area contributed by atoms with Crippen LogP contribution in [-0.2, 0) is 9.47 Å². The Morgan fingerprint density at radius 3 is 2.13 bits per heavy atom. The fraction of sp³-hybridized carbons (Fsp3) is 0.846. The van der Waals surface area contributed by atoms with Crippen LogP contribution >= 0.6 is 0 Å². The van der Waals surface area contributed by atoms with Gasteiger partial charge in [0.05, 0.1) is 0 Å². The lowest BCUT2D eigenvalue weighted by Gasteiger charge is -2.02. The molecule has 0 rings (SSSR count). The van der Waals surface area contributed by atoms with Gasteiger partial charge in [0.25, 0.3) is 0 Å². The van der Waals surface area contributed by atoms with Crippen molar-refractivity contribution in [2.45, 2.75) is 51.4 Å². The molecule has 0 aromatic heterocycles. The van der Waals surface area contributed by atoms with E-state index in [4.69, 9.17) is 9.47 Å². The van der Waals surface area contributed by atoms with E-state index in [-0.39, 0.29) is 0 Å². The highest BCUT2D eigenvalue weighted by molar-refractivity contribution is 4.65. The molecule has 90 valence electrons. The monoisotopic (exact) mass is 214 g/mol. The molecule has 0 saturated heterocycles. The Labute approximate surface area is 94.7 Å². The zero-order valence-electron chi connectivity index (χ0n) is 10.2. The number of ether oxygens (including phenoxy) is 2. The number of hydrogen-bond acceptors (Lipinski definition) is 2. The van der Waals surface area contributed by atoms with Crippen LogP contribution < -0.4 is 0 Å². The minimum Gasteiger partial charge on any atom is -0.359 e. The lowest BCUT2D eigenvalue weighted by atomic mass is 10.1. The molecule has 0 spiro atoms. The first kappa shape index (κ1) is 14.7. The third-order valence-corrected chi connectivity index (χ3v) is 2.40. The standard InChI is InChI=1S/C13H26O2/c1-3-4-5-6-7-8-9-10-11-12-15-13-14-2/h3H,1,4-13H2,2H3. The van der Waals surface area contributed by atoms with Gasteiger partial charge in [-0.15, -0.1) is 6.58 Å². The summed E-state index contributed by atoms with van der Waals surface area (Å²) in [5, 5.41) is 0. The summed E-state index contributed by atoms with van der Waals surface area (Å²) in [6.45, 7) is 4.99. The van der Waals surface area contributed by atoms with E-state index in [1.54, 1.807) is 7.11 Å². The first-order valence-corrected chi connectivity index (χ1v) is 6.09. The Hall–Kier alpha value is -0.340. The largest absolute Gasteiger partial charge is 0.359 e. The van der Waals surface area contributed by atoms with E-state index >= 15 is 0 Å². The molecule has 0 N–H and O–H groups in total. The third-order valence-electron chi connectivity index (χ3n) is 2.40. The van der Waals surface area contributed by atoms with E-state index in [0.29, 0.717) is 6.79 Å². The van der Waals surface area contributed by atoms with Crippen LogP contribution in [0, 0.1) is 0 Å². The van der Waals surface area contributed by atoms with E-state index in [0.717, 1.165) is 13.0 Å². The van der Waals surface area contributed by atoms with Crippen molar-refractivity contribution < 1.29 is 9.47 Å². The van der Waals surface area contributed by atoms with Gasteiger partial charge in [0.2, 0.25) is 0 Å². The van der Waals surface area contributed by atoms with E-state index in [2.05, 4.69) is 6.58 Å². The fourth-order valence-corrected chi connectivity index (χ4v) is 1.52. The molecule has 0 aliphatic rings.